The van der Waals surface area contributed by atoms with Gasteiger partial charge >= 0.3 is 0 Å². The molecule has 0 aliphatic heterocycles. The number of hydrogen-bond acceptors (Lipinski definition) is 2. The molecule has 40 heavy (non-hydrogen) atoms. The minimum absolute atomic E-state index is 0.608. The third kappa shape index (κ3) is 3.15. The lowest BCUT2D eigenvalue weighted by molar-refractivity contribution is 1.14. The molecule has 3 aromatic heterocycles. The van der Waals surface area contributed by atoms with E-state index in [4.69, 9.17) is 0 Å². The molecule has 3 heterocycles. The van der Waals surface area contributed by atoms with Crippen LogP contribution in [0.3, 0.4) is 0 Å². The topological polar surface area (TPSA) is 46.5 Å². The number of benzene rings is 5. The fraction of sp³-hybridized carbons (Fsp3) is 0. The normalized spacial score (nSPS) is 11.5. The summed E-state index contributed by atoms with van der Waals surface area (Å²) in [5.41, 5.74) is 9.05. The summed E-state index contributed by atoms with van der Waals surface area (Å²) < 4.78 is 4.63. The lowest BCUT2D eigenvalue weighted by atomic mass is 10.0. The van der Waals surface area contributed by atoms with Crippen molar-refractivity contribution in [1.29, 1.82) is 5.26 Å². The van der Waals surface area contributed by atoms with Crippen LogP contribution in [-0.2, 0) is 0 Å². The smallest absolute Gasteiger partial charge is 0.0991 e. The first-order chi connectivity index (χ1) is 19.8. The number of fused-ring (bicyclic) bond motifs is 6. The van der Waals surface area contributed by atoms with Crippen molar-refractivity contribution < 1.29 is 0 Å². The molecule has 0 N–H and O–H groups in total. The van der Waals surface area contributed by atoms with Gasteiger partial charge in [-0.1, -0.05) is 72.8 Å². The van der Waals surface area contributed by atoms with Crippen LogP contribution in [0.4, 0.5) is 0 Å². The molecule has 0 aliphatic carbocycles. The van der Waals surface area contributed by atoms with Gasteiger partial charge in [-0.3, -0.25) is 4.98 Å². The highest BCUT2D eigenvalue weighted by Gasteiger charge is 2.20. The quantitative estimate of drug-likeness (QED) is 0.238. The van der Waals surface area contributed by atoms with E-state index in [0.29, 0.717) is 5.56 Å². The van der Waals surface area contributed by atoms with Gasteiger partial charge in [0.2, 0.25) is 0 Å². The zero-order valence-electron chi connectivity index (χ0n) is 21.5. The number of hydrogen-bond donors (Lipinski definition) is 0. The number of nitriles is 1. The summed E-state index contributed by atoms with van der Waals surface area (Å²) >= 11 is 0. The Bertz CT molecular complexity index is 2190. The molecule has 0 saturated heterocycles. The second-order valence-corrected chi connectivity index (χ2v) is 9.98. The number of aromatic nitrogens is 3. The van der Waals surface area contributed by atoms with Crippen LogP contribution in [0.25, 0.3) is 66.1 Å². The maximum atomic E-state index is 9.93. The fourth-order valence-electron chi connectivity index (χ4n) is 6.17. The van der Waals surface area contributed by atoms with Gasteiger partial charge in [-0.05, 0) is 48.5 Å². The predicted molar refractivity (Wildman–Crippen MR) is 163 cm³/mol. The minimum atomic E-state index is 0.608. The van der Waals surface area contributed by atoms with Crippen molar-refractivity contribution in [3.8, 4) is 28.6 Å². The van der Waals surface area contributed by atoms with E-state index in [0.717, 1.165) is 44.6 Å². The second kappa shape index (κ2) is 8.69. The molecule has 8 aromatic rings. The molecule has 186 valence electrons. The highest BCUT2D eigenvalue weighted by atomic mass is 15.0. The van der Waals surface area contributed by atoms with Gasteiger partial charge in [-0.25, -0.2) is 0 Å². The molecule has 0 bridgehead atoms. The van der Waals surface area contributed by atoms with Crippen molar-refractivity contribution in [2.24, 2.45) is 0 Å². The molecule has 0 radical (unpaired) electrons. The summed E-state index contributed by atoms with van der Waals surface area (Å²) in [6, 6.07) is 44.4. The van der Waals surface area contributed by atoms with Gasteiger partial charge in [-0.15, -0.1) is 0 Å². The molecule has 0 unspecified atom stereocenters. The maximum Gasteiger partial charge on any atom is 0.0991 e. The van der Waals surface area contributed by atoms with Crippen LogP contribution in [-0.4, -0.2) is 14.1 Å². The molecule has 4 nitrogen and oxygen atoms in total. The Morgan fingerprint density at radius 2 is 0.950 bits per heavy atom. The average Bonchev–Trinajstić information content (AvgIpc) is 3.54. The van der Waals surface area contributed by atoms with Gasteiger partial charge < -0.3 is 9.13 Å². The van der Waals surface area contributed by atoms with E-state index in [-0.39, 0.29) is 0 Å². The van der Waals surface area contributed by atoms with Gasteiger partial charge in [0.1, 0.15) is 0 Å². The molecular formula is C36H22N4. The van der Waals surface area contributed by atoms with E-state index in [2.05, 4.69) is 129 Å². The molecule has 0 saturated carbocycles. The third-order valence-corrected chi connectivity index (χ3v) is 7.86. The number of rotatable bonds is 3. The van der Waals surface area contributed by atoms with Crippen molar-refractivity contribution in [3.05, 3.63) is 139 Å². The van der Waals surface area contributed by atoms with Crippen molar-refractivity contribution in [2.45, 2.75) is 0 Å². The minimum Gasteiger partial charge on any atom is -0.309 e. The number of para-hydroxylation sites is 4. The third-order valence-electron chi connectivity index (χ3n) is 7.86. The first kappa shape index (κ1) is 22.3. The average molecular weight is 511 g/mol. The predicted octanol–water partition coefficient (Wildman–Crippen LogP) is 8.81. The van der Waals surface area contributed by atoms with Crippen LogP contribution in [0.15, 0.2) is 134 Å². The van der Waals surface area contributed by atoms with Crippen LogP contribution in [0.5, 0.6) is 0 Å². The van der Waals surface area contributed by atoms with E-state index in [1.807, 2.05) is 24.5 Å². The van der Waals surface area contributed by atoms with Gasteiger partial charge in [0.05, 0.1) is 45.1 Å². The van der Waals surface area contributed by atoms with Crippen molar-refractivity contribution >= 4 is 43.6 Å². The van der Waals surface area contributed by atoms with E-state index in [1.54, 1.807) is 0 Å². The Labute approximate surface area is 230 Å². The van der Waals surface area contributed by atoms with E-state index >= 15 is 0 Å². The van der Waals surface area contributed by atoms with Gasteiger partial charge in [0, 0.05) is 45.1 Å². The van der Waals surface area contributed by atoms with Crippen LogP contribution < -0.4 is 0 Å². The Morgan fingerprint density at radius 1 is 0.500 bits per heavy atom. The molecule has 0 amide bonds. The summed E-state index contributed by atoms with van der Waals surface area (Å²) in [5, 5.41) is 14.7. The first-order valence-corrected chi connectivity index (χ1v) is 13.3. The number of nitrogens with zero attached hydrogens (tertiary/aromatic N) is 4. The van der Waals surface area contributed by atoms with Gasteiger partial charge in [0.15, 0.2) is 0 Å². The van der Waals surface area contributed by atoms with Crippen molar-refractivity contribution in [3.63, 3.8) is 0 Å². The van der Waals surface area contributed by atoms with Gasteiger partial charge in [-0.2, -0.15) is 5.26 Å². The van der Waals surface area contributed by atoms with Crippen molar-refractivity contribution in [1.82, 2.24) is 14.1 Å². The van der Waals surface area contributed by atoms with E-state index < -0.39 is 0 Å². The lowest BCUT2D eigenvalue weighted by Crippen LogP contribution is -2.02. The summed E-state index contributed by atoms with van der Waals surface area (Å²) in [5.74, 6) is 0. The number of pyridine rings is 1. The summed E-state index contributed by atoms with van der Waals surface area (Å²) in [6.45, 7) is 0. The Kier molecular flexibility index (Phi) is 4.85. The molecule has 0 fully saturated rings. The zero-order valence-corrected chi connectivity index (χ0v) is 21.5. The van der Waals surface area contributed by atoms with Crippen molar-refractivity contribution in [2.75, 3.05) is 0 Å². The van der Waals surface area contributed by atoms with Crippen LogP contribution in [0.2, 0.25) is 0 Å². The molecule has 5 aromatic carbocycles. The SMILES string of the molecule is N#Cc1ccc(-n2c3ccccc3c3ccccc32)c(-c2cnccc2-n2c3ccccc3c3ccccc32)c1. The largest absolute Gasteiger partial charge is 0.309 e. The Morgan fingerprint density at radius 3 is 1.43 bits per heavy atom. The standard InChI is InChI=1S/C36H22N4/c37-22-24-17-18-35(39-31-13-5-1-9-25(31)26-10-2-6-14-32(26)39)29(21-24)30-23-38-20-19-36(30)40-33-15-7-3-11-27(33)28-12-4-8-16-34(28)40/h1-21,23H. The monoisotopic (exact) mass is 510 g/mol. The second-order valence-electron chi connectivity index (χ2n) is 9.98. The Hall–Kier alpha value is -5.66. The fourth-order valence-corrected chi connectivity index (χ4v) is 6.17. The first-order valence-electron chi connectivity index (χ1n) is 13.3. The lowest BCUT2D eigenvalue weighted by Gasteiger charge is -2.18. The summed E-state index contributed by atoms with van der Waals surface area (Å²) in [7, 11) is 0. The highest BCUT2D eigenvalue weighted by Crippen LogP contribution is 2.40. The Balaban J connectivity index is 1.50. The van der Waals surface area contributed by atoms with E-state index in [1.165, 1.54) is 21.5 Å². The molecule has 4 heteroatoms. The summed E-state index contributed by atoms with van der Waals surface area (Å²) in [6.07, 6.45) is 3.77. The van der Waals surface area contributed by atoms with Crippen LogP contribution in [0, 0.1) is 11.3 Å². The van der Waals surface area contributed by atoms with E-state index in [9.17, 15) is 5.26 Å². The van der Waals surface area contributed by atoms with Crippen LogP contribution >= 0.6 is 0 Å². The molecule has 0 spiro atoms. The maximum absolute atomic E-state index is 9.93. The molecular weight excluding hydrogens is 488 g/mol. The highest BCUT2D eigenvalue weighted by molar-refractivity contribution is 6.11. The molecule has 0 aliphatic rings. The van der Waals surface area contributed by atoms with Gasteiger partial charge in [0.25, 0.3) is 0 Å². The molecule has 8 rings (SSSR count). The van der Waals surface area contributed by atoms with Crippen LogP contribution in [0.1, 0.15) is 5.56 Å². The summed E-state index contributed by atoms with van der Waals surface area (Å²) in [4.78, 5) is 4.59. The zero-order chi connectivity index (χ0) is 26.6. The molecule has 0 atom stereocenters.